The van der Waals surface area contributed by atoms with Gasteiger partial charge >= 0.3 is 0 Å². The van der Waals surface area contributed by atoms with Crippen LogP contribution < -0.4 is 5.32 Å². The molecule has 0 heterocycles. The fourth-order valence-corrected chi connectivity index (χ4v) is 0.892. The van der Waals surface area contributed by atoms with Gasteiger partial charge in [-0.25, -0.2) is 0 Å². The van der Waals surface area contributed by atoms with E-state index in [-0.39, 0.29) is 18.1 Å². The quantitative estimate of drug-likeness (QED) is 0.549. The van der Waals surface area contributed by atoms with Crippen LogP contribution in [0.4, 0.5) is 0 Å². The third-order valence-electron chi connectivity index (χ3n) is 1.94. The van der Waals surface area contributed by atoms with Crippen molar-refractivity contribution < 1.29 is 14.4 Å². The largest absolute Gasteiger partial charge is 0.356 e. The summed E-state index contributed by atoms with van der Waals surface area (Å²) < 4.78 is 0. The summed E-state index contributed by atoms with van der Waals surface area (Å²) in [6.45, 7) is 7.17. The van der Waals surface area contributed by atoms with E-state index < -0.39 is 11.2 Å². The van der Waals surface area contributed by atoms with Crippen molar-refractivity contribution in [2.75, 3.05) is 6.54 Å². The molecule has 0 saturated carbocycles. The molecule has 0 aliphatic carbocycles. The highest BCUT2D eigenvalue weighted by Gasteiger charge is 2.20. The van der Waals surface area contributed by atoms with Crippen molar-refractivity contribution >= 4 is 17.5 Å². The number of carbonyl (C=O) groups excluding carboxylic acids is 3. The Balaban J connectivity index is 3.69. The van der Waals surface area contributed by atoms with Crippen LogP contribution >= 0.6 is 0 Å². The molecule has 4 heteroatoms. The summed E-state index contributed by atoms with van der Waals surface area (Å²) in [7, 11) is 0. The Bertz CT molecular complexity index is 263. The van der Waals surface area contributed by atoms with Gasteiger partial charge in [-0.15, -0.1) is 0 Å². The van der Waals surface area contributed by atoms with Crippen LogP contribution in [0, 0.1) is 5.41 Å². The van der Waals surface area contributed by atoms with E-state index in [4.69, 9.17) is 0 Å². The molecular formula is C11H19NO3. The number of Topliss-reactive ketones (excluding diaryl/α,β-unsaturated/α-hetero) is 2. The molecule has 1 N–H and O–H groups in total. The lowest BCUT2D eigenvalue weighted by Gasteiger charge is -2.17. The van der Waals surface area contributed by atoms with Crippen LogP contribution in [0.5, 0.6) is 0 Å². The Labute approximate surface area is 90.4 Å². The summed E-state index contributed by atoms with van der Waals surface area (Å²) in [5.74, 6) is -0.838. The minimum absolute atomic E-state index is 0.0437. The fourth-order valence-electron chi connectivity index (χ4n) is 0.892. The molecule has 15 heavy (non-hydrogen) atoms. The second-order valence-electron chi connectivity index (χ2n) is 4.59. The van der Waals surface area contributed by atoms with Gasteiger partial charge < -0.3 is 5.32 Å². The molecule has 0 rings (SSSR count). The number of amides is 1. The first-order chi connectivity index (χ1) is 6.75. The highest BCUT2D eigenvalue weighted by atomic mass is 16.2. The van der Waals surface area contributed by atoms with E-state index in [2.05, 4.69) is 5.32 Å². The average molecular weight is 213 g/mol. The number of carbonyl (C=O) groups is 3. The molecule has 0 bridgehead atoms. The molecule has 0 saturated heterocycles. The van der Waals surface area contributed by atoms with E-state index in [1.807, 2.05) is 20.8 Å². The first kappa shape index (κ1) is 13.8. The topological polar surface area (TPSA) is 63.2 Å². The monoisotopic (exact) mass is 213 g/mol. The molecule has 0 aromatic carbocycles. The zero-order valence-electron chi connectivity index (χ0n) is 9.85. The highest BCUT2D eigenvalue weighted by Crippen LogP contribution is 2.12. The van der Waals surface area contributed by atoms with Crippen molar-refractivity contribution in [3.8, 4) is 0 Å². The summed E-state index contributed by atoms with van der Waals surface area (Å²) >= 11 is 0. The summed E-state index contributed by atoms with van der Waals surface area (Å²) in [6, 6.07) is 0. The first-order valence-corrected chi connectivity index (χ1v) is 5.07. The Morgan fingerprint density at radius 3 is 2.07 bits per heavy atom. The van der Waals surface area contributed by atoms with E-state index in [0.717, 1.165) is 0 Å². The SMILES string of the molecule is CC(=O)C(=O)CCCNC(=O)C(C)(C)C. The number of hydrogen-bond donors (Lipinski definition) is 1. The predicted molar refractivity (Wildman–Crippen MR) is 57.4 cm³/mol. The molecule has 0 aliphatic heterocycles. The summed E-state index contributed by atoms with van der Waals surface area (Å²) in [6.07, 6.45) is 0.722. The van der Waals surface area contributed by atoms with Gasteiger partial charge in [0.1, 0.15) is 0 Å². The Hall–Kier alpha value is -1.19. The van der Waals surface area contributed by atoms with Gasteiger partial charge in [-0.2, -0.15) is 0 Å². The van der Waals surface area contributed by atoms with Gasteiger partial charge in [-0.05, 0) is 6.42 Å². The molecule has 86 valence electrons. The third-order valence-corrected chi connectivity index (χ3v) is 1.94. The summed E-state index contributed by atoms with van der Waals surface area (Å²) in [5, 5.41) is 2.71. The van der Waals surface area contributed by atoms with Crippen LogP contribution in [-0.2, 0) is 14.4 Å². The smallest absolute Gasteiger partial charge is 0.225 e. The molecule has 0 radical (unpaired) electrons. The van der Waals surface area contributed by atoms with E-state index in [1.54, 1.807) is 0 Å². The Kier molecular flexibility index (Phi) is 5.19. The third kappa shape index (κ3) is 5.99. The molecule has 0 aromatic rings. The molecule has 0 aromatic heterocycles. The maximum absolute atomic E-state index is 11.4. The predicted octanol–water partition coefficient (Wildman–Crippen LogP) is 1.09. The second-order valence-corrected chi connectivity index (χ2v) is 4.59. The van der Waals surface area contributed by atoms with Gasteiger partial charge in [-0.1, -0.05) is 20.8 Å². The number of ketones is 2. The van der Waals surface area contributed by atoms with Gasteiger partial charge in [0.25, 0.3) is 0 Å². The van der Waals surface area contributed by atoms with Crippen LogP contribution in [0.3, 0.4) is 0 Å². The van der Waals surface area contributed by atoms with Crippen molar-refractivity contribution in [1.82, 2.24) is 5.32 Å². The minimum Gasteiger partial charge on any atom is -0.356 e. The highest BCUT2D eigenvalue weighted by molar-refractivity contribution is 6.36. The summed E-state index contributed by atoms with van der Waals surface area (Å²) in [4.78, 5) is 32.9. The second kappa shape index (κ2) is 5.63. The van der Waals surface area contributed by atoms with Gasteiger partial charge in [0.2, 0.25) is 5.91 Å². The van der Waals surface area contributed by atoms with Crippen molar-refractivity contribution in [2.45, 2.75) is 40.5 Å². The molecule has 1 amide bonds. The Morgan fingerprint density at radius 1 is 1.13 bits per heavy atom. The molecule has 0 aliphatic rings. The maximum atomic E-state index is 11.4. The van der Waals surface area contributed by atoms with Crippen LogP contribution in [0.1, 0.15) is 40.5 Å². The zero-order chi connectivity index (χ0) is 12.1. The van der Waals surface area contributed by atoms with Gasteiger partial charge in [0.15, 0.2) is 11.6 Å². The zero-order valence-corrected chi connectivity index (χ0v) is 9.85. The molecule has 0 atom stereocenters. The minimum atomic E-state index is -0.419. The number of hydrogen-bond acceptors (Lipinski definition) is 3. The van der Waals surface area contributed by atoms with Crippen LogP contribution in [0.2, 0.25) is 0 Å². The van der Waals surface area contributed by atoms with Crippen molar-refractivity contribution in [2.24, 2.45) is 5.41 Å². The average Bonchev–Trinajstić information content (AvgIpc) is 2.09. The molecule has 0 fully saturated rings. The number of nitrogens with one attached hydrogen (secondary N) is 1. The maximum Gasteiger partial charge on any atom is 0.225 e. The van der Waals surface area contributed by atoms with Crippen LogP contribution in [0.25, 0.3) is 0 Å². The Morgan fingerprint density at radius 2 is 1.67 bits per heavy atom. The number of rotatable bonds is 5. The first-order valence-electron chi connectivity index (χ1n) is 5.07. The van der Waals surface area contributed by atoms with Crippen molar-refractivity contribution in [1.29, 1.82) is 0 Å². The van der Waals surface area contributed by atoms with Gasteiger partial charge in [-0.3, -0.25) is 14.4 Å². The standard InChI is InChI=1S/C11H19NO3/c1-8(13)9(14)6-5-7-12-10(15)11(2,3)4/h5-7H2,1-4H3,(H,12,15). The van der Waals surface area contributed by atoms with Crippen molar-refractivity contribution in [3.63, 3.8) is 0 Å². The van der Waals surface area contributed by atoms with Crippen LogP contribution in [-0.4, -0.2) is 24.0 Å². The molecule has 0 spiro atoms. The van der Waals surface area contributed by atoms with E-state index in [1.165, 1.54) is 6.92 Å². The molecular weight excluding hydrogens is 194 g/mol. The van der Waals surface area contributed by atoms with E-state index in [9.17, 15) is 14.4 Å². The van der Waals surface area contributed by atoms with E-state index in [0.29, 0.717) is 13.0 Å². The lowest BCUT2D eigenvalue weighted by atomic mass is 9.96. The molecule has 0 unspecified atom stereocenters. The van der Waals surface area contributed by atoms with Crippen LogP contribution in [0.15, 0.2) is 0 Å². The fraction of sp³-hybridized carbons (Fsp3) is 0.727. The normalized spacial score (nSPS) is 10.9. The van der Waals surface area contributed by atoms with Crippen molar-refractivity contribution in [3.05, 3.63) is 0 Å². The van der Waals surface area contributed by atoms with E-state index >= 15 is 0 Å². The molecule has 4 nitrogen and oxygen atoms in total. The lowest BCUT2D eigenvalue weighted by molar-refractivity contribution is -0.135. The van der Waals surface area contributed by atoms with Gasteiger partial charge in [0.05, 0.1) is 0 Å². The van der Waals surface area contributed by atoms with Gasteiger partial charge in [0, 0.05) is 25.3 Å². The summed E-state index contributed by atoms with van der Waals surface area (Å²) in [5.41, 5.74) is -0.412. The lowest BCUT2D eigenvalue weighted by Crippen LogP contribution is -2.35.